The first kappa shape index (κ1) is 15.5. The van der Waals surface area contributed by atoms with Crippen LogP contribution < -0.4 is 4.74 Å². The molecule has 2 aromatic carbocycles. The first-order valence-electron chi connectivity index (χ1n) is 8.20. The third-order valence-electron chi connectivity index (χ3n) is 4.52. The zero-order valence-electron chi connectivity index (χ0n) is 13.3. The van der Waals surface area contributed by atoms with E-state index in [0.29, 0.717) is 37.1 Å². The molecule has 0 spiro atoms. The summed E-state index contributed by atoms with van der Waals surface area (Å²) in [7, 11) is 0. The second-order valence-electron chi connectivity index (χ2n) is 6.39. The van der Waals surface area contributed by atoms with Crippen LogP contribution in [0, 0.1) is 11.6 Å². The summed E-state index contributed by atoms with van der Waals surface area (Å²) in [5.74, 6) is 0.218. The summed E-state index contributed by atoms with van der Waals surface area (Å²) in [6.45, 7) is 1.59. The van der Waals surface area contributed by atoms with E-state index in [1.165, 1.54) is 18.2 Å². The molecule has 1 aliphatic heterocycles. The minimum absolute atomic E-state index is 0.183. The third-order valence-corrected chi connectivity index (χ3v) is 4.52. The Labute approximate surface area is 139 Å². The minimum atomic E-state index is -0.292. The van der Waals surface area contributed by atoms with E-state index >= 15 is 0 Å². The molecule has 1 fully saturated rings. The molecule has 2 aliphatic rings. The standard InChI is InChI=1S/C19H19F2NO2/c20-16-7-14(19-15(8-16)11-23-12-24-19)10-22(17-5-6-17)9-13-3-1-2-4-18(13)21/h1-4,7-8,17H,5-6,9-12H2. The molecule has 1 aliphatic carbocycles. The zero-order valence-corrected chi connectivity index (χ0v) is 13.3. The molecule has 24 heavy (non-hydrogen) atoms. The molecule has 4 rings (SSSR count). The van der Waals surface area contributed by atoms with Gasteiger partial charge in [0.1, 0.15) is 17.4 Å². The summed E-state index contributed by atoms with van der Waals surface area (Å²) in [5, 5.41) is 0. The van der Waals surface area contributed by atoms with Gasteiger partial charge in [0, 0.05) is 35.8 Å². The van der Waals surface area contributed by atoms with Crippen LogP contribution in [0.3, 0.4) is 0 Å². The van der Waals surface area contributed by atoms with Crippen LogP contribution in [0.25, 0.3) is 0 Å². The second kappa shape index (κ2) is 6.49. The Kier molecular flexibility index (Phi) is 4.21. The number of hydrogen-bond donors (Lipinski definition) is 0. The van der Waals surface area contributed by atoms with E-state index < -0.39 is 0 Å². The molecule has 0 radical (unpaired) electrons. The molecule has 0 N–H and O–H groups in total. The number of halogens is 2. The summed E-state index contributed by atoms with van der Waals surface area (Å²) < 4.78 is 38.7. The molecular weight excluding hydrogens is 312 g/mol. The topological polar surface area (TPSA) is 21.7 Å². The van der Waals surface area contributed by atoms with Crippen LogP contribution in [0.4, 0.5) is 8.78 Å². The first-order chi connectivity index (χ1) is 11.7. The largest absolute Gasteiger partial charge is 0.467 e. The predicted octanol–water partition coefficient (Wildman–Crippen LogP) is 4.00. The van der Waals surface area contributed by atoms with Gasteiger partial charge < -0.3 is 9.47 Å². The molecular formula is C19H19F2NO2. The van der Waals surface area contributed by atoms with Crippen LogP contribution in [0.5, 0.6) is 5.75 Å². The molecule has 0 bridgehead atoms. The number of benzene rings is 2. The van der Waals surface area contributed by atoms with Crippen molar-refractivity contribution >= 4 is 0 Å². The highest BCUT2D eigenvalue weighted by molar-refractivity contribution is 5.42. The summed E-state index contributed by atoms with van der Waals surface area (Å²) in [6, 6.07) is 10.2. The summed E-state index contributed by atoms with van der Waals surface area (Å²) >= 11 is 0. The van der Waals surface area contributed by atoms with E-state index in [4.69, 9.17) is 9.47 Å². The minimum Gasteiger partial charge on any atom is -0.467 e. The highest BCUT2D eigenvalue weighted by Crippen LogP contribution is 2.35. The zero-order chi connectivity index (χ0) is 16.5. The van der Waals surface area contributed by atoms with Gasteiger partial charge in [0.25, 0.3) is 0 Å². The van der Waals surface area contributed by atoms with Crippen molar-refractivity contribution in [1.82, 2.24) is 4.90 Å². The second-order valence-corrected chi connectivity index (χ2v) is 6.39. The van der Waals surface area contributed by atoms with E-state index in [-0.39, 0.29) is 18.4 Å². The summed E-state index contributed by atoms with van der Waals surface area (Å²) in [6.07, 6.45) is 2.19. The maximum absolute atomic E-state index is 14.0. The van der Waals surface area contributed by atoms with Gasteiger partial charge in [-0.25, -0.2) is 8.78 Å². The van der Waals surface area contributed by atoms with Crippen LogP contribution in [-0.4, -0.2) is 17.7 Å². The molecule has 126 valence electrons. The average Bonchev–Trinajstić information content (AvgIpc) is 3.41. The fourth-order valence-electron chi connectivity index (χ4n) is 3.19. The number of nitrogens with zero attached hydrogens (tertiary/aromatic N) is 1. The number of hydrogen-bond acceptors (Lipinski definition) is 3. The van der Waals surface area contributed by atoms with Crippen molar-refractivity contribution in [1.29, 1.82) is 0 Å². The fourth-order valence-corrected chi connectivity index (χ4v) is 3.19. The van der Waals surface area contributed by atoms with Crippen molar-refractivity contribution in [3.63, 3.8) is 0 Å². The predicted molar refractivity (Wildman–Crippen MR) is 85.4 cm³/mol. The van der Waals surface area contributed by atoms with E-state index in [2.05, 4.69) is 4.90 Å². The Balaban J connectivity index is 1.60. The maximum Gasteiger partial charge on any atom is 0.189 e. The van der Waals surface area contributed by atoms with E-state index in [0.717, 1.165) is 24.0 Å². The van der Waals surface area contributed by atoms with Crippen molar-refractivity contribution in [3.05, 3.63) is 64.7 Å². The van der Waals surface area contributed by atoms with Crippen molar-refractivity contribution in [3.8, 4) is 5.75 Å². The highest BCUT2D eigenvalue weighted by atomic mass is 19.1. The fraction of sp³-hybridized carbons (Fsp3) is 0.368. The van der Waals surface area contributed by atoms with Gasteiger partial charge in [-0.1, -0.05) is 18.2 Å². The van der Waals surface area contributed by atoms with Gasteiger partial charge in [-0.15, -0.1) is 0 Å². The molecule has 1 heterocycles. The lowest BCUT2D eigenvalue weighted by molar-refractivity contribution is -0.0177. The number of rotatable bonds is 5. The van der Waals surface area contributed by atoms with Crippen molar-refractivity contribution in [2.75, 3.05) is 6.79 Å². The molecule has 5 heteroatoms. The van der Waals surface area contributed by atoms with E-state index in [1.807, 2.05) is 6.07 Å². The lowest BCUT2D eigenvalue weighted by Crippen LogP contribution is -2.26. The number of fused-ring (bicyclic) bond motifs is 1. The summed E-state index contributed by atoms with van der Waals surface area (Å²) in [5.41, 5.74) is 2.20. The van der Waals surface area contributed by atoms with Crippen molar-refractivity contribution < 1.29 is 18.3 Å². The molecule has 1 saturated carbocycles. The van der Waals surface area contributed by atoms with Gasteiger partial charge in [-0.05, 0) is 31.0 Å². The monoisotopic (exact) mass is 331 g/mol. The van der Waals surface area contributed by atoms with Gasteiger partial charge in [-0.2, -0.15) is 0 Å². The van der Waals surface area contributed by atoms with Crippen LogP contribution >= 0.6 is 0 Å². The molecule has 0 aromatic heterocycles. The van der Waals surface area contributed by atoms with Crippen LogP contribution in [0.1, 0.15) is 29.5 Å². The molecule has 0 unspecified atom stereocenters. The Hall–Kier alpha value is -1.98. The lowest BCUT2D eigenvalue weighted by Gasteiger charge is -2.26. The molecule has 3 nitrogen and oxygen atoms in total. The first-order valence-corrected chi connectivity index (χ1v) is 8.20. The molecule has 0 amide bonds. The van der Waals surface area contributed by atoms with Gasteiger partial charge in [0.15, 0.2) is 6.79 Å². The summed E-state index contributed by atoms with van der Waals surface area (Å²) in [4.78, 5) is 2.20. The smallest absolute Gasteiger partial charge is 0.189 e. The maximum atomic E-state index is 14.0. The molecule has 2 aromatic rings. The molecule has 0 atom stereocenters. The van der Waals surface area contributed by atoms with Gasteiger partial charge in [-0.3, -0.25) is 4.90 Å². The van der Waals surface area contributed by atoms with Gasteiger partial charge in [0.2, 0.25) is 0 Å². The number of ether oxygens (including phenoxy) is 2. The van der Waals surface area contributed by atoms with Crippen molar-refractivity contribution in [2.24, 2.45) is 0 Å². The van der Waals surface area contributed by atoms with Gasteiger partial charge in [0.05, 0.1) is 6.61 Å². The van der Waals surface area contributed by atoms with E-state index in [9.17, 15) is 8.78 Å². The van der Waals surface area contributed by atoms with Crippen LogP contribution in [0.2, 0.25) is 0 Å². The average molecular weight is 331 g/mol. The SMILES string of the molecule is Fc1cc2c(c(CN(Cc3ccccc3F)C3CC3)c1)OCOC2. The van der Waals surface area contributed by atoms with Crippen LogP contribution in [-0.2, 0) is 24.4 Å². The van der Waals surface area contributed by atoms with Crippen molar-refractivity contribution in [2.45, 2.75) is 38.6 Å². The Morgan fingerprint density at radius 3 is 2.62 bits per heavy atom. The Bertz CT molecular complexity index is 746. The third kappa shape index (κ3) is 3.28. The Morgan fingerprint density at radius 2 is 1.83 bits per heavy atom. The van der Waals surface area contributed by atoms with Crippen LogP contribution in [0.15, 0.2) is 36.4 Å². The van der Waals surface area contributed by atoms with E-state index in [1.54, 1.807) is 12.1 Å². The Morgan fingerprint density at radius 1 is 1.04 bits per heavy atom. The molecule has 0 saturated heterocycles. The van der Waals surface area contributed by atoms with Gasteiger partial charge >= 0.3 is 0 Å². The highest BCUT2D eigenvalue weighted by Gasteiger charge is 2.31. The normalized spacial score (nSPS) is 16.8. The lowest BCUT2D eigenvalue weighted by atomic mass is 10.1. The quantitative estimate of drug-likeness (QED) is 0.827.